The van der Waals surface area contributed by atoms with Crippen molar-refractivity contribution in [3.63, 3.8) is 0 Å². The third-order valence-corrected chi connectivity index (χ3v) is 3.69. The number of hydrogen-bond acceptors (Lipinski definition) is 2. The van der Waals surface area contributed by atoms with Gasteiger partial charge in [-0.15, -0.1) is 0 Å². The van der Waals surface area contributed by atoms with E-state index < -0.39 is 0 Å². The van der Waals surface area contributed by atoms with Crippen molar-refractivity contribution in [1.82, 2.24) is 9.97 Å². The third-order valence-electron chi connectivity index (χ3n) is 2.47. The van der Waals surface area contributed by atoms with Gasteiger partial charge in [0.2, 0.25) is 0 Å². The minimum Gasteiger partial charge on any atom is -0.369 e. The van der Waals surface area contributed by atoms with Crippen LogP contribution in [0.2, 0.25) is 0 Å². The number of imidazole rings is 1. The number of H-pyrrole nitrogens is 1. The molecule has 3 N–H and O–H groups in total. The second-order valence-electron chi connectivity index (χ2n) is 3.55. The lowest BCUT2D eigenvalue weighted by atomic mass is 10.0. The third kappa shape index (κ3) is 1.77. The van der Waals surface area contributed by atoms with Crippen molar-refractivity contribution < 1.29 is 0 Å². The Kier molecular flexibility index (Phi) is 2.52. The number of nitrogens with zero attached hydrogens (tertiary/aromatic N) is 1. The average Bonchev–Trinajstić information content (AvgIpc) is 2.61. The van der Waals surface area contributed by atoms with E-state index in [1.54, 1.807) is 6.20 Å². The molecule has 0 aliphatic carbocycles. The van der Waals surface area contributed by atoms with Crippen LogP contribution in [0.4, 0.5) is 5.95 Å². The molecule has 0 saturated heterocycles. The number of hydrogen-bond donors (Lipinski definition) is 2. The molecule has 0 amide bonds. The highest BCUT2D eigenvalue weighted by molar-refractivity contribution is 9.10. The van der Waals surface area contributed by atoms with Crippen LogP contribution in [-0.4, -0.2) is 9.97 Å². The molecule has 3 nitrogen and oxygen atoms in total. The minimum absolute atomic E-state index is 0.445. The molecule has 1 aromatic carbocycles. The second kappa shape index (κ2) is 3.70. The van der Waals surface area contributed by atoms with Crippen molar-refractivity contribution in [3.05, 3.63) is 33.9 Å². The van der Waals surface area contributed by atoms with Gasteiger partial charge in [-0.05, 0) is 25.0 Å². The summed E-state index contributed by atoms with van der Waals surface area (Å²) in [4.78, 5) is 7.02. The summed E-state index contributed by atoms with van der Waals surface area (Å²) in [6.07, 6.45) is 1.75. The number of benzene rings is 1. The molecule has 4 heteroatoms. The van der Waals surface area contributed by atoms with Crippen LogP contribution < -0.4 is 5.73 Å². The fourth-order valence-electron chi connectivity index (χ4n) is 1.59. The van der Waals surface area contributed by atoms with E-state index in [0.29, 0.717) is 5.95 Å². The van der Waals surface area contributed by atoms with Gasteiger partial charge in [0, 0.05) is 10.0 Å². The Morgan fingerprint density at radius 2 is 2.07 bits per heavy atom. The molecular formula is C11H12BrN3. The van der Waals surface area contributed by atoms with Crippen LogP contribution in [0, 0.1) is 13.8 Å². The van der Waals surface area contributed by atoms with Gasteiger partial charge < -0.3 is 10.7 Å². The van der Waals surface area contributed by atoms with E-state index in [1.807, 2.05) is 0 Å². The first kappa shape index (κ1) is 10.2. The molecule has 0 unspecified atom stereocenters. The Hall–Kier alpha value is -1.29. The Morgan fingerprint density at radius 1 is 1.33 bits per heavy atom. The number of aryl methyl sites for hydroxylation is 1. The van der Waals surface area contributed by atoms with E-state index in [0.717, 1.165) is 15.7 Å². The minimum atomic E-state index is 0.445. The molecule has 0 bridgehead atoms. The Morgan fingerprint density at radius 3 is 2.67 bits per heavy atom. The van der Waals surface area contributed by atoms with Crippen LogP contribution >= 0.6 is 15.9 Å². The molecular weight excluding hydrogens is 254 g/mol. The van der Waals surface area contributed by atoms with Gasteiger partial charge in [0.25, 0.3) is 0 Å². The van der Waals surface area contributed by atoms with Crippen LogP contribution in [0.5, 0.6) is 0 Å². The summed E-state index contributed by atoms with van der Waals surface area (Å²) in [7, 11) is 0. The molecule has 0 aliphatic heterocycles. The van der Waals surface area contributed by atoms with Crippen LogP contribution in [0.3, 0.4) is 0 Å². The molecule has 15 heavy (non-hydrogen) atoms. The van der Waals surface area contributed by atoms with Crippen molar-refractivity contribution in [1.29, 1.82) is 0 Å². The summed E-state index contributed by atoms with van der Waals surface area (Å²) in [5.74, 6) is 0.445. The molecule has 2 rings (SSSR count). The zero-order valence-electron chi connectivity index (χ0n) is 8.63. The highest BCUT2D eigenvalue weighted by Crippen LogP contribution is 2.30. The maximum Gasteiger partial charge on any atom is 0.197 e. The summed E-state index contributed by atoms with van der Waals surface area (Å²) >= 11 is 3.57. The molecule has 0 spiro atoms. The number of aromatic amines is 1. The van der Waals surface area contributed by atoms with Gasteiger partial charge in [0.05, 0.1) is 11.9 Å². The zero-order valence-corrected chi connectivity index (χ0v) is 10.2. The van der Waals surface area contributed by atoms with Crippen LogP contribution in [-0.2, 0) is 0 Å². The van der Waals surface area contributed by atoms with E-state index in [9.17, 15) is 0 Å². The predicted octanol–water partition coefficient (Wildman–Crippen LogP) is 3.04. The molecule has 1 heterocycles. The summed E-state index contributed by atoms with van der Waals surface area (Å²) < 4.78 is 1.13. The molecule has 0 radical (unpaired) electrons. The molecule has 0 aliphatic rings. The predicted molar refractivity (Wildman–Crippen MR) is 65.6 cm³/mol. The van der Waals surface area contributed by atoms with Crippen molar-refractivity contribution in [2.24, 2.45) is 0 Å². The summed E-state index contributed by atoms with van der Waals surface area (Å²) in [5, 5.41) is 0. The number of nitrogen functional groups attached to an aromatic ring is 1. The summed E-state index contributed by atoms with van der Waals surface area (Å²) in [5.41, 5.74) is 10.0. The number of nitrogens with two attached hydrogens (primary N) is 1. The largest absolute Gasteiger partial charge is 0.369 e. The lowest BCUT2D eigenvalue weighted by Gasteiger charge is -2.07. The van der Waals surface area contributed by atoms with Crippen LogP contribution in [0.25, 0.3) is 11.3 Å². The Labute approximate surface area is 96.9 Å². The highest BCUT2D eigenvalue weighted by atomic mass is 79.9. The Balaban J connectivity index is 2.59. The van der Waals surface area contributed by atoms with Crippen molar-refractivity contribution in [3.8, 4) is 11.3 Å². The van der Waals surface area contributed by atoms with Gasteiger partial charge in [0.15, 0.2) is 5.95 Å². The lowest BCUT2D eigenvalue weighted by Crippen LogP contribution is -1.89. The van der Waals surface area contributed by atoms with Gasteiger partial charge in [0.1, 0.15) is 0 Å². The molecule has 2 aromatic rings. The maximum atomic E-state index is 5.56. The normalized spacial score (nSPS) is 10.6. The van der Waals surface area contributed by atoms with E-state index in [1.165, 1.54) is 11.1 Å². The first-order valence-corrected chi connectivity index (χ1v) is 5.45. The van der Waals surface area contributed by atoms with Crippen molar-refractivity contribution in [2.75, 3.05) is 5.73 Å². The fourth-order valence-corrected chi connectivity index (χ4v) is 1.93. The zero-order chi connectivity index (χ0) is 11.0. The van der Waals surface area contributed by atoms with Crippen molar-refractivity contribution >= 4 is 21.9 Å². The number of halogens is 1. The molecule has 0 atom stereocenters. The summed E-state index contributed by atoms with van der Waals surface area (Å²) in [6.45, 7) is 4.14. The number of anilines is 1. The van der Waals surface area contributed by atoms with E-state index in [2.05, 4.69) is 51.9 Å². The SMILES string of the molecule is Cc1ccc(-c2cnc(N)[nH]2)c(C)c1Br. The molecule has 0 saturated carbocycles. The molecule has 1 aromatic heterocycles. The monoisotopic (exact) mass is 265 g/mol. The first-order chi connectivity index (χ1) is 7.09. The molecule has 78 valence electrons. The van der Waals surface area contributed by atoms with Crippen LogP contribution in [0.15, 0.2) is 22.8 Å². The average molecular weight is 266 g/mol. The maximum absolute atomic E-state index is 5.56. The smallest absolute Gasteiger partial charge is 0.197 e. The van der Waals surface area contributed by atoms with E-state index in [4.69, 9.17) is 5.73 Å². The Bertz CT molecular complexity index is 503. The number of nitrogens with one attached hydrogen (secondary N) is 1. The van der Waals surface area contributed by atoms with Gasteiger partial charge in [-0.25, -0.2) is 4.98 Å². The molecule has 0 fully saturated rings. The van der Waals surface area contributed by atoms with Gasteiger partial charge in [-0.2, -0.15) is 0 Å². The topological polar surface area (TPSA) is 54.7 Å². The fraction of sp³-hybridized carbons (Fsp3) is 0.182. The summed E-state index contributed by atoms with van der Waals surface area (Å²) in [6, 6.07) is 4.14. The second-order valence-corrected chi connectivity index (χ2v) is 4.34. The van der Waals surface area contributed by atoms with E-state index >= 15 is 0 Å². The first-order valence-electron chi connectivity index (χ1n) is 4.66. The van der Waals surface area contributed by atoms with Crippen LogP contribution in [0.1, 0.15) is 11.1 Å². The highest BCUT2D eigenvalue weighted by Gasteiger charge is 2.08. The quantitative estimate of drug-likeness (QED) is 0.833. The van der Waals surface area contributed by atoms with Gasteiger partial charge in [-0.1, -0.05) is 28.1 Å². The standard InChI is InChI=1S/C11H12BrN3/c1-6-3-4-8(7(2)10(6)12)9-5-14-11(13)15-9/h3-5H,1-2H3,(H3,13,14,15). The van der Waals surface area contributed by atoms with Gasteiger partial charge in [-0.3, -0.25) is 0 Å². The number of aromatic nitrogens is 2. The lowest BCUT2D eigenvalue weighted by molar-refractivity contribution is 1.30. The van der Waals surface area contributed by atoms with E-state index in [-0.39, 0.29) is 0 Å². The number of rotatable bonds is 1. The van der Waals surface area contributed by atoms with Crippen molar-refractivity contribution in [2.45, 2.75) is 13.8 Å². The van der Waals surface area contributed by atoms with Gasteiger partial charge >= 0.3 is 0 Å².